The molecule has 1 aromatic carbocycles. The molecule has 2 aromatic rings. The Morgan fingerprint density at radius 2 is 1.87 bits per heavy atom. The first-order valence-corrected chi connectivity index (χ1v) is 11.5. The molecule has 0 bridgehead atoms. The molecule has 2 saturated heterocycles. The lowest BCUT2D eigenvalue weighted by Crippen LogP contribution is -2.44. The zero-order valence-electron chi connectivity index (χ0n) is 17.7. The predicted octanol–water partition coefficient (Wildman–Crippen LogP) is 3.03. The van der Waals surface area contributed by atoms with Crippen molar-refractivity contribution >= 4 is 22.4 Å². The minimum atomic E-state index is 0.137. The van der Waals surface area contributed by atoms with E-state index in [0.29, 0.717) is 11.8 Å². The van der Waals surface area contributed by atoms with Gasteiger partial charge in [0.15, 0.2) is 0 Å². The Bertz CT molecular complexity index is 923. The molecule has 1 amide bonds. The molecule has 0 spiro atoms. The number of aromatic nitrogens is 1. The van der Waals surface area contributed by atoms with Crippen LogP contribution >= 0.6 is 0 Å². The van der Waals surface area contributed by atoms with Crippen LogP contribution in [0.1, 0.15) is 37.7 Å². The number of benzene rings is 1. The van der Waals surface area contributed by atoms with E-state index in [1.807, 2.05) is 18.3 Å². The Morgan fingerprint density at radius 1 is 1.00 bits per heavy atom. The van der Waals surface area contributed by atoms with Gasteiger partial charge in [-0.3, -0.25) is 4.79 Å². The third-order valence-corrected chi connectivity index (χ3v) is 7.23. The summed E-state index contributed by atoms with van der Waals surface area (Å²) in [5.74, 6) is 1.18. The van der Waals surface area contributed by atoms with E-state index in [1.165, 1.54) is 29.5 Å². The van der Waals surface area contributed by atoms with Crippen LogP contribution in [0.4, 0.5) is 5.69 Å². The van der Waals surface area contributed by atoms with Crippen molar-refractivity contribution < 1.29 is 9.90 Å². The van der Waals surface area contributed by atoms with Gasteiger partial charge in [0.1, 0.15) is 0 Å². The molecule has 0 radical (unpaired) electrons. The summed E-state index contributed by atoms with van der Waals surface area (Å²) in [7, 11) is 0. The van der Waals surface area contributed by atoms with Gasteiger partial charge in [-0.15, -0.1) is 0 Å². The first kappa shape index (κ1) is 19.6. The summed E-state index contributed by atoms with van der Waals surface area (Å²) in [6.07, 6.45) is 8.22. The molecule has 0 unspecified atom stereocenters. The topological polar surface area (TPSA) is 59.9 Å². The van der Waals surface area contributed by atoms with E-state index in [4.69, 9.17) is 0 Å². The second kappa shape index (κ2) is 8.42. The summed E-state index contributed by atoms with van der Waals surface area (Å²) in [4.78, 5) is 23.3. The van der Waals surface area contributed by atoms with Gasteiger partial charge in [0.05, 0.1) is 0 Å². The van der Waals surface area contributed by atoms with Gasteiger partial charge in [-0.05, 0) is 68.8 Å². The van der Waals surface area contributed by atoms with Crippen LogP contribution < -0.4 is 4.90 Å². The molecule has 6 nitrogen and oxygen atoms in total. The summed E-state index contributed by atoms with van der Waals surface area (Å²) >= 11 is 0. The van der Waals surface area contributed by atoms with Crippen LogP contribution in [0, 0.1) is 5.92 Å². The summed E-state index contributed by atoms with van der Waals surface area (Å²) in [6.45, 7) is 7.23. The number of hydrogen-bond donors (Lipinski definition) is 1. The Hall–Kier alpha value is -2.34. The number of anilines is 1. The average molecular weight is 409 g/mol. The number of rotatable bonds is 5. The number of aromatic hydroxyl groups is 1. The fourth-order valence-electron chi connectivity index (χ4n) is 5.42. The Balaban J connectivity index is 1.18. The van der Waals surface area contributed by atoms with Gasteiger partial charge in [-0.2, -0.15) is 0 Å². The molecule has 4 heterocycles. The van der Waals surface area contributed by atoms with Gasteiger partial charge in [0.25, 0.3) is 0 Å². The molecule has 3 aliphatic heterocycles. The third-order valence-electron chi connectivity index (χ3n) is 7.23. The molecule has 160 valence electrons. The van der Waals surface area contributed by atoms with Crippen LogP contribution in [-0.2, 0) is 11.2 Å². The van der Waals surface area contributed by atoms with E-state index in [1.54, 1.807) is 0 Å². The smallest absolute Gasteiger partial charge is 0.222 e. The quantitative estimate of drug-likeness (QED) is 0.824. The molecule has 2 fully saturated rings. The van der Waals surface area contributed by atoms with E-state index in [0.717, 1.165) is 76.9 Å². The van der Waals surface area contributed by atoms with Gasteiger partial charge < -0.3 is 19.8 Å². The summed E-state index contributed by atoms with van der Waals surface area (Å²) < 4.78 is 0. The Morgan fingerprint density at radius 3 is 2.70 bits per heavy atom. The van der Waals surface area contributed by atoms with Gasteiger partial charge in [0, 0.05) is 61.8 Å². The maximum absolute atomic E-state index is 12.0. The van der Waals surface area contributed by atoms with E-state index in [-0.39, 0.29) is 5.88 Å². The van der Waals surface area contributed by atoms with Crippen molar-refractivity contribution in [3.8, 4) is 5.88 Å². The number of piperidine rings is 2. The van der Waals surface area contributed by atoms with Crippen molar-refractivity contribution in [2.24, 2.45) is 5.92 Å². The summed E-state index contributed by atoms with van der Waals surface area (Å²) in [5, 5.41) is 12.2. The Kier molecular flexibility index (Phi) is 5.50. The minimum absolute atomic E-state index is 0.137. The molecule has 3 aliphatic rings. The number of amides is 1. The largest absolute Gasteiger partial charge is 0.493 e. The van der Waals surface area contributed by atoms with Gasteiger partial charge in [0.2, 0.25) is 11.8 Å². The van der Waals surface area contributed by atoms with E-state index in [9.17, 15) is 9.90 Å². The van der Waals surface area contributed by atoms with Crippen LogP contribution in [0.5, 0.6) is 5.88 Å². The highest BCUT2D eigenvalue weighted by atomic mass is 16.3. The van der Waals surface area contributed by atoms with Crippen LogP contribution in [0.2, 0.25) is 0 Å². The van der Waals surface area contributed by atoms with Gasteiger partial charge in [-0.1, -0.05) is 6.07 Å². The van der Waals surface area contributed by atoms with E-state index >= 15 is 0 Å². The number of pyridine rings is 1. The molecule has 30 heavy (non-hydrogen) atoms. The molecule has 0 aliphatic carbocycles. The van der Waals surface area contributed by atoms with E-state index < -0.39 is 0 Å². The maximum atomic E-state index is 12.0. The zero-order valence-corrected chi connectivity index (χ0v) is 17.7. The van der Waals surface area contributed by atoms with Crippen LogP contribution in [0.25, 0.3) is 10.8 Å². The predicted molar refractivity (Wildman–Crippen MR) is 119 cm³/mol. The first-order valence-electron chi connectivity index (χ1n) is 11.5. The Labute approximate surface area is 178 Å². The number of nitrogens with zero attached hydrogens (tertiary/aromatic N) is 4. The molecule has 0 saturated carbocycles. The standard InChI is InChI=1S/C24H32N4O2/c29-22-6-1-2-10-27(22)15-14-26-11-7-18(8-12-26)17-28-13-9-19-16-25-24(30)20-4-3-5-21(28)23(19)20/h3-5,16,18H,1-2,6-15,17H2,(H,25,30). The summed E-state index contributed by atoms with van der Waals surface area (Å²) in [5.41, 5.74) is 2.49. The highest BCUT2D eigenvalue weighted by molar-refractivity contribution is 6.00. The molecule has 1 aromatic heterocycles. The lowest BCUT2D eigenvalue weighted by atomic mass is 9.93. The van der Waals surface area contributed by atoms with Crippen LogP contribution in [0.3, 0.4) is 0 Å². The highest BCUT2D eigenvalue weighted by Gasteiger charge is 2.26. The van der Waals surface area contributed by atoms with Crippen molar-refractivity contribution in [1.82, 2.24) is 14.8 Å². The molecule has 0 atom stereocenters. The lowest BCUT2D eigenvalue weighted by molar-refractivity contribution is -0.133. The monoisotopic (exact) mass is 408 g/mol. The number of carbonyl (C=O) groups is 1. The van der Waals surface area contributed by atoms with Crippen molar-refractivity contribution in [2.75, 3.05) is 50.7 Å². The normalized spacial score (nSPS) is 20.9. The summed E-state index contributed by atoms with van der Waals surface area (Å²) in [6, 6.07) is 6.20. The average Bonchev–Trinajstić information content (AvgIpc) is 2.78. The minimum Gasteiger partial charge on any atom is -0.493 e. The lowest BCUT2D eigenvalue weighted by Gasteiger charge is -2.38. The van der Waals surface area contributed by atoms with Crippen molar-refractivity contribution in [3.05, 3.63) is 30.0 Å². The van der Waals surface area contributed by atoms with Crippen molar-refractivity contribution in [3.63, 3.8) is 0 Å². The molecule has 1 N–H and O–H groups in total. The van der Waals surface area contributed by atoms with Gasteiger partial charge in [-0.25, -0.2) is 4.98 Å². The SMILES string of the molecule is O=C1CCCCN1CCN1CCC(CN2CCc3cnc(O)c4cccc2c34)CC1. The highest BCUT2D eigenvalue weighted by Crippen LogP contribution is 2.37. The van der Waals surface area contributed by atoms with Crippen LogP contribution in [0.15, 0.2) is 24.4 Å². The van der Waals surface area contributed by atoms with Crippen molar-refractivity contribution in [2.45, 2.75) is 38.5 Å². The number of carbonyl (C=O) groups excluding carboxylic acids is 1. The molecule has 5 rings (SSSR count). The van der Waals surface area contributed by atoms with Crippen molar-refractivity contribution in [1.29, 1.82) is 0 Å². The second-order valence-corrected chi connectivity index (χ2v) is 9.13. The number of hydrogen-bond acceptors (Lipinski definition) is 5. The van der Waals surface area contributed by atoms with E-state index in [2.05, 4.69) is 25.8 Å². The maximum Gasteiger partial charge on any atom is 0.222 e. The fourth-order valence-corrected chi connectivity index (χ4v) is 5.42. The first-order chi connectivity index (χ1) is 14.7. The molecular formula is C24H32N4O2. The zero-order chi connectivity index (χ0) is 20.5. The van der Waals surface area contributed by atoms with Crippen LogP contribution in [-0.4, -0.2) is 71.6 Å². The molecular weight excluding hydrogens is 376 g/mol. The molecule has 6 heteroatoms. The fraction of sp³-hybridized carbons (Fsp3) is 0.583. The third kappa shape index (κ3) is 3.85. The number of likely N-dealkylation sites (tertiary alicyclic amines) is 2. The van der Waals surface area contributed by atoms with Gasteiger partial charge >= 0.3 is 0 Å². The second-order valence-electron chi connectivity index (χ2n) is 9.13.